The van der Waals surface area contributed by atoms with Crippen molar-refractivity contribution < 1.29 is 9.47 Å². The first-order valence-electron chi connectivity index (χ1n) is 10.9. The maximum atomic E-state index is 9.31. The normalized spacial score (nSPS) is 12.3. The smallest absolute Gasteiger partial charge is 0.105 e. The van der Waals surface area contributed by atoms with E-state index >= 15 is 0 Å². The van der Waals surface area contributed by atoms with Crippen LogP contribution in [0.1, 0.15) is 71.8 Å². The zero-order chi connectivity index (χ0) is 24.2. The van der Waals surface area contributed by atoms with Gasteiger partial charge in [-0.3, -0.25) is 0 Å². The highest BCUT2D eigenvalue weighted by molar-refractivity contribution is 8.24. The van der Waals surface area contributed by atoms with Crippen molar-refractivity contribution in [1.29, 1.82) is 5.26 Å². The van der Waals surface area contributed by atoms with E-state index in [0.29, 0.717) is 12.0 Å². The largest absolute Gasteiger partial charge is 0.385 e. The topological polar surface area (TPSA) is 42.2 Å². The van der Waals surface area contributed by atoms with Crippen molar-refractivity contribution in [2.45, 2.75) is 71.0 Å². The van der Waals surface area contributed by atoms with Gasteiger partial charge in [-0.2, -0.15) is 5.26 Å². The number of methoxy groups -OCH3 is 2. The number of rotatable bonds is 12. The Kier molecular flexibility index (Phi) is 20.1. The molecule has 31 heavy (non-hydrogen) atoms. The van der Waals surface area contributed by atoms with Gasteiger partial charge in [0.25, 0.3) is 0 Å². The molecule has 0 aliphatic rings. The Balaban J connectivity index is 0. The van der Waals surface area contributed by atoms with Crippen LogP contribution >= 0.6 is 24.0 Å². The van der Waals surface area contributed by atoms with Gasteiger partial charge < -0.3 is 9.47 Å². The van der Waals surface area contributed by atoms with Crippen LogP contribution in [-0.2, 0) is 9.47 Å². The van der Waals surface area contributed by atoms with Crippen molar-refractivity contribution in [3.63, 3.8) is 0 Å². The van der Waals surface area contributed by atoms with Gasteiger partial charge in [-0.05, 0) is 37.2 Å². The number of unbranched alkanes of at least 4 members (excludes halogenated alkanes) is 2. The van der Waals surface area contributed by atoms with E-state index < -0.39 is 4.75 Å². The minimum atomic E-state index is -0.481. The van der Waals surface area contributed by atoms with Crippen LogP contribution in [0, 0.1) is 16.7 Å². The molecule has 1 unspecified atom stereocenters. The number of nitrogens with zero attached hydrogens (tertiary/aromatic N) is 1. The number of hydrogen-bond acceptors (Lipinski definition) is 5. The molecule has 1 atom stereocenters. The predicted octanol–water partition coefficient (Wildman–Crippen LogP) is 7.85. The van der Waals surface area contributed by atoms with Crippen LogP contribution < -0.4 is 0 Å². The molecule has 3 nitrogen and oxygen atoms in total. The molecule has 0 amide bonds. The highest BCUT2D eigenvalue weighted by Crippen LogP contribution is 2.32. The van der Waals surface area contributed by atoms with Crippen LogP contribution in [0.3, 0.4) is 0 Å². The molecule has 1 aromatic rings. The summed E-state index contributed by atoms with van der Waals surface area (Å²) in [5, 5.41) is 9.31. The zero-order valence-electron chi connectivity index (χ0n) is 20.5. The lowest BCUT2D eigenvalue weighted by atomic mass is 9.88. The van der Waals surface area contributed by atoms with Crippen LogP contribution in [0.2, 0.25) is 0 Å². The molecule has 0 saturated heterocycles. The number of nitriles is 1. The Morgan fingerprint density at radius 3 is 2.13 bits per heavy atom. The Bertz CT molecular complexity index is 614. The van der Waals surface area contributed by atoms with E-state index in [4.69, 9.17) is 21.7 Å². The van der Waals surface area contributed by atoms with Crippen molar-refractivity contribution in [3.05, 3.63) is 49.1 Å². The average molecular weight is 466 g/mol. The highest BCUT2D eigenvalue weighted by atomic mass is 32.2. The summed E-state index contributed by atoms with van der Waals surface area (Å²) in [6, 6.07) is 12.2. The Morgan fingerprint density at radius 1 is 1.03 bits per heavy atom. The quantitative estimate of drug-likeness (QED) is 0.179. The lowest BCUT2D eigenvalue weighted by molar-refractivity contribution is 0.0963. The standard InChI is InChI=1S/C14H17NOS2.C10H22O.C2H4/c1-14(11-15,9-6-10-16-2)18-13(17)12-7-4-3-5-8-12;1-5-6-7-8-10(2,3)9-11-4;1-2/h3-5,7-8H,6,9-10H2,1-2H3;5-9H2,1-4H3;1-2H2. The van der Waals surface area contributed by atoms with Gasteiger partial charge in [0, 0.05) is 20.8 Å². The summed E-state index contributed by atoms with van der Waals surface area (Å²) in [5.41, 5.74) is 1.38. The Hall–Kier alpha value is -1.19. The molecule has 0 aliphatic heterocycles. The molecule has 0 saturated carbocycles. The molecular weight excluding hydrogens is 422 g/mol. The van der Waals surface area contributed by atoms with E-state index in [1.807, 2.05) is 37.3 Å². The number of hydrogen-bond donors (Lipinski definition) is 0. The van der Waals surface area contributed by atoms with Gasteiger partial charge in [-0.25, -0.2) is 0 Å². The molecule has 0 aliphatic carbocycles. The van der Waals surface area contributed by atoms with E-state index in [1.54, 1.807) is 14.2 Å². The van der Waals surface area contributed by atoms with Gasteiger partial charge in [0.15, 0.2) is 0 Å². The molecule has 1 rings (SSSR count). The van der Waals surface area contributed by atoms with Crippen molar-refractivity contribution in [1.82, 2.24) is 0 Å². The summed E-state index contributed by atoms with van der Waals surface area (Å²) in [6.45, 7) is 16.3. The summed E-state index contributed by atoms with van der Waals surface area (Å²) < 4.78 is 10.5. The second-order valence-electron chi connectivity index (χ2n) is 8.25. The highest BCUT2D eigenvalue weighted by Gasteiger charge is 2.26. The molecule has 0 spiro atoms. The second-order valence-corrected chi connectivity index (χ2v) is 10.4. The van der Waals surface area contributed by atoms with Crippen molar-refractivity contribution in [3.8, 4) is 6.07 Å². The van der Waals surface area contributed by atoms with Crippen LogP contribution in [-0.4, -0.2) is 36.4 Å². The zero-order valence-corrected chi connectivity index (χ0v) is 22.2. The number of thioether (sulfide) groups is 1. The monoisotopic (exact) mass is 465 g/mol. The van der Waals surface area contributed by atoms with Gasteiger partial charge >= 0.3 is 0 Å². The van der Waals surface area contributed by atoms with Crippen molar-refractivity contribution in [2.75, 3.05) is 27.4 Å². The van der Waals surface area contributed by atoms with Crippen LogP contribution in [0.15, 0.2) is 43.5 Å². The molecule has 0 N–H and O–H groups in total. The number of ether oxygens (including phenoxy) is 2. The predicted molar refractivity (Wildman–Crippen MR) is 142 cm³/mol. The third-order valence-electron chi connectivity index (χ3n) is 4.56. The average Bonchev–Trinajstić information content (AvgIpc) is 2.76. The van der Waals surface area contributed by atoms with E-state index in [2.05, 4.69) is 40.0 Å². The van der Waals surface area contributed by atoms with Gasteiger partial charge in [-0.15, -0.1) is 13.2 Å². The number of thiocarbonyl (C=S) groups is 1. The first-order valence-corrected chi connectivity index (χ1v) is 12.1. The first-order chi connectivity index (χ1) is 14.7. The second kappa shape index (κ2) is 19.5. The summed E-state index contributed by atoms with van der Waals surface area (Å²) in [4.78, 5) is 0. The van der Waals surface area contributed by atoms with E-state index in [9.17, 15) is 5.26 Å². The molecule has 0 fully saturated rings. The lowest BCUT2D eigenvalue weighted by Crippen LogP contribution is -2.20. The summed E-state index contributed by atoms with van der Waals surface area (Å²) >= 11 is 6.86. The molecule has 0 bridgehead atoms. The fourth-order valence-corrected chi connectivity index (χ4v) is 4.48. The van der Waals surface area contributed by atoms with Gasteiger partial charge in [-0.1, -0.05) is 94.3 Å². The SMILES string of the molecule is C=C.CCCCCC(C)(C)COC.COCCCC(C)(C#N)SC(=S)c1ccccc1. The maximum Gasteiger partial charge on any atom is 0.105 e. The Labute approximate surface area is 201 Å². The molecule has 176 valence electrons. The third kappa shape index (κ3) is 17.1. The van der Waals surface area contributed by atoms with Crippen LogP contribution in [0.5, 0.6) is 0 Å². The van der Waals surface area contributed by atoms with E-state index in [0.717, 1.165) is 29.2 Å². The Morgan fingerprint density at radius 2 is 1.65 bits per heavy atom. The third-order valence-corrected chi connectivity index (χ3v) is 6.21. The minimum absolute atomic E-state index is 0.379. The van der Waals surface area contributed by atoms with E-state index in [-0.39, 0.29) is 0 Å². The fraction of sp³-hybridized carbons (Fsp3) is 0.615. The molecule has 0 radical (unpaired) electrons. The summed E-state index contributed by atoms with van der Waals surface area (Å²) in [6.07, 6.45) is 6.93. The maximum absolute atomic E-state index is 9.31. The van der Waals surface area contributed by atoms with Crippen LogP contribution in [0.4, 0.5) is 0 Å². The van der Waals surface area contributed by atoms with Gasteiger partial charge in [0.05, 0.1) is 16.9 Å². The van der Waals surface area contributed by atoms with Crippen molar-refractivity contribution in [2.24, 2.45) is 5.41 Å². The van der Waals surface area contributed by atoms with Crippen LogP contribution in [0.25, 0.3) is 0 Å². The molecule has 1 aromatic carbocycles. The lowest BCUT2D eigenvalue weighted by Gasteiger charge is -2.22. The van der Waals surface area contributed by atoms with Gasteiger partial charge in [0.2, 0.25) is 0 Å². The van der Waals surface area contributed by atoms with Gasteiger partial charge in [0.1, 0.15) is 4.75 Å². The molecule has 0 heterocycles. The summed E-state index contributed by atoms with van der Waals surface area (Å²) in [5.74, 6) is 0. The van der Waals surface area contributed by atoms with Crippen molar-refractivity contribution >= 4 is 28.2 Å². The molecule has 5 heteroatoms. The number of benzene rings is 1. The molecule has 0 aromatic heterocycles. The first kappa shape index (κ1) is 32.0. The van der Waals surface area contributed by atoms with E-state index in [1.165, 1.54) is 37.4 Å². The molecular formula is C26H43NO2S2. The summed E-state index contributed by atoms with van der Waals surface area (Å²) in [7, 11) is 3.45. The minimum Gasteiger partial charge on any atom is -0.385 e. The fourth-order valence-electron chi connectivity index (χ4n) is 2.84.